The number of benzene rings is 2. The monoisotopic (exact) mass is 382 g/mol. The Morgan fingerprint density at radius 2 is 1.62 bits per heavy atom. The van der Waals surface area contributed by atoms with Crippen LogP contribution in [0.5, 0.6) is 0 Å². The van der Waals surface area contributed by atoms with E-state index in [9.17, 15) is 4.79 Å². The molecule has 0 amide bonds. The lowest BCUT2D eigenvalue weighted by molar-refractivity contribution is 0.112. The Kier molecular flexibility index (Phi) is 3.69. The SMILES string of the molecule is O=Cc1c(-c2nc(NC(C3CC3)C3CC3)c3ccccc3n2)[nH]c2ccccc12. The molecule has 2 fully saturated rings. The second-order valence-electron chi connectivity index (χ2n) is 8.34. The number of para-hydroxylation sites is 2. The largest absolute Gasteiger partial charge is 0.366 e. The Morgan fingerprint density at radius 1 is 0.931 bits per heavy atom. The van der Waals surface area contributed by atoms with Gasteiger partial charge in [-0.05, 0) is 55.7 Å². The van der Waals surface area contributed by atoms with E-state index in [1.54, 1.807) is 0 Å². The zero-order valence-corrected chi connectivity index (χ0v) is 16.1. The second kappa shape index (κ2) is 6.41. The lowest BCUT2D eigenvalue weighted by Gasteiger charge is -2.20. The normalized spacial score (nSPS) is 16.6. The number of carbonyl (C=O) groups excluding carboxylic acids is 1. The first kappa shape index (κ1) is 16.7. The summed E-state index contributed by atoms with van der Waals surface area (Å²) < 4.78 is 0. The van der Waals surface area contributed by atoms with Gasteiger partial charge in [0.1, 0.15) is 5.82 Å². The Labute approximate surface area is 168 Å². The molecule has 0 bridgehead atoms. The second-order valence-corrected chi connectivity index (χ2v) is 8.34. The molecule has 0 atom stereocenters. The highest BCUT2D eigenvalue weighted by Crippen LogP contribution is 2.46. The summed E-state index contributed by atoms with van der Waals surface area (Å²) in [7, 11) is 0. The van der Waals surface area contributed by atoms with Crippen LogP contribution in [0, 0.1) is 11.8 Å². The Morgan fingerprint density at radius 3 is 2.34 bits per heavy atom. The fourth-order valence-electron chi connectivity index (χ4n) is 4.45. The minimum absolute atomic E-state index is 0.495. The van der Waals surface area contributed by atoms with Crippen LogP contribution >= 0.6 is 0 Å². The van der Waals surface area contributed by atoms with E-state index in [1.165, 1.54) is 25.7 Å². The van der Waals surface area contributed by atoms with Crippen LogP contribution in [0.1, 0.15) is 36.0 Å². The standard InChI is InChI=1S/C24H22N4O/c29-13-18-16-5-1-3-7-19(16)25-22(18)24-26-20-8-4-2-6-17(20)23(28-24)27-21(14-9-10-14)15-11-12-15/h1-8,13-15,21,25H,9-12H2,(H,26,27,28). The van der Waals surface area contributed by atoms with E-state index in [0.717, 1.165) is 45.7 Å². The van der Waals surface area contributed by atoms with E-state index in [2.05, 4.69) is 16.4 Å². The van der Waals surface area contributed by atoms with Gasteiger partial charge in [0.2, 0.25) is 0 Å². The average Bonchev–Trinajstić information content (AvgIpc) is 3.68. The highest BCUT2D eigenvalue weighted by Gasteiger charge is 2.41. The molecule has 2 heterocycles. The molecule has 6 rings (SSSR count). The van der Waals surface area contributed by atoms with E-state index in [-0.39, 0.29) is 0 Å². The Hall–Kier alpha value is -3.21. The van der Waals surface area contributed by atoms with Crippen LogP contribution < -0.4 is 5.32 Å². The lowest BCUT2D eigenvalue weighted by Crippen LogP contribution is -2.25. The van der Waals surface area contributed by atoms with Crippen molar-refractivity contribution in [2.45, 2.75) is 31.7 Å². The van der Waals surface area contributed by atoms with Crippen molar-refractivity contribution < 1.29 is 4.79 Å². The molecule has 0 saturated heterocycles. The third-order valence-electron chi connectivity index (χ3n) is 6.25. The molecule has 2 aliphatic carbocycles. The highest BCUT2D eigenvalue weighted by atomic mass is 16.1. The van der Waals surface area contributed by atoms with Crippen molar-refractivity contribution in [3.05, 3.63) is 54.1 Å². The van der Waals surface area contributed by atoms with Gasteiger partial charge in [-0.1, -0.05) is 30.3 Å². The number of rotatable bonds is 6. The summed E-state index contributed by atoms with van der Waals surface area (Å²) in [5.41, 5.74) is 3.11. The summed E-state index contributed by atoms with van der Waals surface area (Å²) >= 11 is 0. The van der Waals surface area contributed by atoms with Crippen LogP contribution in [0.2, 0.25) is 0 Å². The van der Waals surface area contributed by atoms with Gasteiger partial charge in [0.15, 0.2) is 12.1 Å². The fraction of sp³-hybridized carbons (Fsp3) is 0.292. The van der Waals surface area contributed by atoms with Gasteiger partial charge in [-0.3, -0.25) is 4.79 Å². The van der Waals surface area contributed by atoms with Gasteiger partial charge in [-0.25, -0.2) is 9.97 Å². The maximum Gasteiger partial charge on any atom is 0.179 e. The van der Waals surface area contributed by atoms with Crippen molar-refractivity contribution in [1.29, 1.82) is 0 Å². The summed E-state index contributed by atoms with van der Waals surface area (Å²) in [4.78, 5) is 25.0. The molecule has 0 aliphatic heterocycles. The zero-order valence-electron chi connectivity index (χ0n) is 16.1. The molecule has 29 heavy (non-hydrogen) atoms. The molecule has 2 aromatic carbocycles. The van der Waals surface area contributed by atoms with Crippen molar-refractivity contribution >= 4 is 33.9 Å². The van der Waals surface area contributed by atoms with Crippen molar-refractivity contribution in [2.75, 3.05) is 5.32 Å². The number of fused-ring (bicyclic) bond motifs is 2. The van der Waals surface area contributed by atoms with Crippen LogP contribution in [-0.2, 0) is 0 Å². The molecule has 2 aromatic heterocycles. The topological polar surface area (TPSA) is 70.7 Å². The molecule has 0 unspecified atom stereocenters. The molecule has 0 spiro atoms. The van der Waals surface area contributed by atoms with Gasteiger partial charge < -0.3 is 10.3 Å². The minimum atomic E-state index is 0.495. The van der Waals surface area contributed by atoms with Crippen molar-refractivity contribution in [2.24, 2.45) is 11.8 Å². The molecule has 2 aliphatic rings. The number of H-pyrrole nitrogens is 1. The molecular formula is C24H22N4O. The van der Waals surface area contributed by atoms with E-state index in [1.807, 2.05) is 42.5 Å². The highest BCUT2D eigenvalue weighted by molar-refractivity contribution is 6.04. The van der Waals surface area contributed by atoms with E-state index in [4.69, 9.17) is 9.97 Å². The number of nitrogens with one attached hydrogen (secondary N) is 2. The van der Waals surface area contributed by atoms with E-state index < -0.39 is 0 Å². The van der Waals surface area contributed by atoms with Gasteiger partial charge in [0, 0.05) is 22.3 Å². The third kappa shape index (κ3) is 2.89. The van der Waals surface area contributed by atoms with Gasteiger partial charge >= 0.3 is 0 Å². The fourth-order valence-corrected chi connectivity index (χ4v) is 4.45. The summed E-state index contributed by atoms with van der Waals surface area (Å²) in [5.74, 6) is 2.97. The molecule has 0 radical (unpaired) electrons. The maximum absolute atomic E-state index is 11.9. The maximum atomic E-state index is 11.9. The summed E-state index contributed by atoms with van der Waals surface area (Å²) in [6, 6.07) is 16.4. The van der Waals surface area contributed by atoms with Gasteiger partial charge in [0.25, 0.3) is 0 Å². The molecule has 5 nitrogen and oxygen atoms in total. The van der Waals surface area contributed by atoms with E-state index in [0.29, 0.717) is 23.1 Å². The predicted molar refractivity (Wildman–Crippen MR) is 115 cm³/mol. The average molecular weight is 382 g/mol. The molecule has 2 N–H and O–H groups in total. The van der Waals surface area contributed by atoms with Gasteiger partial charge in [-0.2, -0.15) is 0 Å². The van der Waals surface area contributed by atoms with Gasteiger partial charge in [0.05, 0.1) is 16.8 Å². The number of aldehydes is 1. The zero-order chi connectivity index (χ0) is 19.4. The van der Waals surface area contributed by atoms with Crippen molar-refractivity contribution in [1.82, 2.24) is 15.0 Å². The minimum Gasteiger partial charge on any atom is -0.366 e. The molecule has 2 saturated carbocycles. The van der Waals surface area contributed by atoms with E-state index >= 15 is 0 Å². The quantitative estimate of drug-likeness (QED) is 0.450. The Balaban J connectivity index is 1.52. The van der Waals surface area contributed by atoms with Crippen LogP contribution in [0.15, 0.2) is 48.5 Å². The molecule has 5 heteroatoms. The molecular weight excluding hydrogens is 360 g/mol. The number of aromatic amines is 1. The van der Waals surface area contributed by atoms with Gasteiger partial charge in [-0.15, -0.1) is 0 Å². The molecule has 4 aromatic rings. The van der Waals surface area contributed by atoms with Crippen LogP contribution in [0.3, 0.4) is 0 Å². The smallest absolute Gasteiger partial charge is 0.179 e. The first-order valence-electron chi connectivity index (χ1n) is 10.4. The summed E-state index contributed by atoms with van der Waals surface area (Å²) in [5, 5.41) is 5.71. The molecule has 144 valence electrons. The summed E-state index contributed by atoms with van der Waals surface area (Å²) in [6.07, 6.45) is 6.13. The van der Waals surface area contributed by atoms with Crippen LogP contribution in [-0.4, -0.2) is 27.3 Å². The summed E-state index contributed by atoms with van der Waals surface area (Å²) in [6.45, 7) is 0. The number of anilines is 1. The van der Waals surface area contributed by atoms with Crippen LogP contribution in [0.25, 0.3) is 33.3 Å². The lowest BCUT2D eigenvalue weighted by atomic mass is 10.1. The third-order valence-corrected chi connectivity index (χ3v) is 6.25. The first-order chi connectivity index (χ1) is 14.3. The number of aromatic nitrogens is 3. The predicted octanol–water partition coefficient (Wildman–Crippen LogP) is 5.19. The number of hydrogen-bond acceptors (Lipinski definition) is 4. The first-order valence-corrected chi connectivity index (χ1v) is 10.4. The number of hydrogen-bond donors (Lipinski definition) is 2. The van der Waals surface area contributed by atoms with Crippen molar-refractivity contribution in [3.8, 4) is 11.5 Å². The van der Waals surface area contributed by atoms with Crippen molar-refractivity contribution in [3.63, 3.8) is 0 Å². The Bertz CT molecular complexity index is 1220. The number of carbonyl (C=O) groups is 1. The van der Waals surface area contributed by atoms with Crippen LogP contribution in [0.4, 0.5) is 5.82 Å². The number of nitrogens with zero attached hydrogens (tertiary/aromatic N) is 2.